The molecule has 2 unspecified atom stereocenters. The molecule has 1 aromatic carbocycles. The Hall–Kier alpha value is -2.91. The minimum atomic E-state index is -0.604. The average Bonchev–Trinajstić information content (AvgIpc) is 3.57. The van der Waals surface area contributed by atoms with Crippen LogP contribution in [0.5, 0.6) is 11.5 Å². The summed E-state index contributed by atoms with van der Waals surface area (Å²) in [7, 11) is 3.07. The van der Waals surface area contributed by atoms with Gasteiger partial charge in [-0.3, -0.25) is 9.59 Å². The molecule has 0 spiro atoms. The van der Waals surface area contributed by atoms with Crippen LogP contribution in [0.3, 0.4) is 0 Å². The van der Waals surface area contributed by atoms with Crippen LogP contribution in [0.2, 0.25) is 0 Å². The van der Waals surface area contributed by atoms with Crippen molar-refractivity contribution in [3.05, 3.63) is 70.3 Å². The van der Waals surface area contributed by atoms with Crippen molar-refractivity contribution in [1.29, 1.82) is 0 Å². The van der Waals surface area contributed by atoms with Crippen molar-refractivity contribution in [3.63, 3.8) is 0 Å². The van der Waals surface area contributed by atoms with E-state index in [1.807, 2.05) is 17.5 Å². The molecule has 2 amide bonds. The Kier molecular flexibility index (Phi) is 6.53. The molecule has 1 saturated heterocycles. The molecule has 3 heterocycles. The molecule has 162 valence electrons. The van der Waals surface area contributed by atoms with E-state index in [2.05, 4.69) is 5.32 Å². The number of furan rings is 1. The zero-order chi connectivity index (χ0) is 21.8. The highest BCUT2D eigenvalue weighted by atomic mass is 32.2. The third-order valence-electron chi connectivity index (χ3n) is 4.97. The summed E-state index contributed by atoms with van der Waals surface area (Å²) in [5, 5.41) is 4.62. The smallest absolute Gasteiger partial charge is 0.255 e. The predicted molar refractivity (Wildman–Crippen MR) is 120 cm³/mol. The summed E-state index contributed by atoms with van der Waals surface area (Å²) < 4.78 is 15.9. The number of ether oxygens (including phenoxy) is 2. The number of thiophene rings is 1. The van der Waals surface area contributed by atoms with Crippen molar-refractivity contribution in [1.82, 2.24) is 10.2 Å². The molecule has 1 fully saturated rings. The molecule has 0 saturated carbocycles. The van der Waals surface area contributed by atoms with Crippen LogP contribution in [-0.4, -0.2) is 42.7 Å². The van der Waals surface area contributed by atoms with Gasteiger partial charge in [-0.2, -0.15) is 0 Å². The maximum absolute atomic E-state index is 13.6. The first-order valence-corrected chi connectivity index (χ1v) is 11.5. The van der Waals surface area contributed by atoms with Crippen molar-refractivity contribution < 1.29 is 23.5 Å². The van der Waals surface area contributed by atoms with E-state index in [1.165, 1.54) is 7.11 Å². The molecular weight excluding hydrogens is 436 g/mol. The molecule has 4 rings (SSSR count). The number of carbonyl (C=O) groups is 2. The predicted octanol–water partition coefficient (Wildman–Crippen LogP) is 3.93. The van der Waals surface area contributed by atoms with Crippen LogP contribution in [0.4, 0.5) is 0 Å². The summed E-state index contributed by atoms with van der Waals surface area (Å²) in [6.07, 6.45) is 1.56. The molecule has 31 heavy (non-hydrogen) atoms. The third kappa shape index (κ3) is 4.42. The normalized spacial score (nSPS) is 18.1. The number of nitrogens with one attached hydrogen (secondary N) is 1. The van der Waals surface area contributed by atoms with Crippen LogP contribution < -0.4 is 14.8 Å². The number of nitrogens with zero attached hydrogens (tertiary/aromatic N) is 1. The number of methoxy groups -OCH3 is 2. The minimum absolute atomic E-state index is 0.211. The molecule has 3 aromatic rings. The lowest BCUT2D eigenvalue weighted by Gasteiger charge is -2.28. The maximum Gasteiger partial charge on any atom is 0.255 e. The Morgan fingerprint density at radius 1 is 1.16 bits per heavy atom. The van der Waals surface area contributed by atoms with Crippen molar-refractivity contribution in [2.24, 2.45) is 0 Å². The number of rotatable bonds is 7. The summed E-state index contributed by atoms with van der Waals surface area (Å²) in [6.45, 7) is 0.273. The van der Waals surface area contributed by atoms with Crippen LogP contribution in [-0.2, 0) is 11.3 Å². The first-order chi connectivity index (χ1) is 15.1. The standard InChI is InChI=1S/C22H22N2O5S2/c1-27-17-8-7-14(11-18(17)28-2)21(26)24-16(13-31-22(24)19-6-4-10-30-19)20(25)23-12-15-5-3-9-29-15/h3-11,16,22H,12-13H2,1-2H3,(H,23,25). The molecule has 1 aliphatic heterocycles. The first kappa shape index (κ1) is 21.3. The third-order valence-corrected chi connectivity index (χ3v) is 7.35. The summed E-state index contributed by atoms with van der Waals surface area (Å²) in [5.74, 6) is 1.72. The van der Waals surface area contributed by atoms with E-state index in [0.29, 0.717) is 28.6 Å². The lowest BCUT2D eigenvalue weighted by molar-refractivity contribution is -0.125. The Morgan fingerprint density at radius 2 is 2.00 bits per heavy atom. The minimum Gasteiger partial charge on any atom is -0.493 e. The monoisotopic (exact) mass is 458 g/mol. The topological polar surface area (TPSA) is 81.0 Å². The van der Waals surface area contributed by atoms with Gasteiger partial charge in [0.1, 0.15) is 17.2 Å². The number of carbonyl (C=O) groups excluding carboxylic acids is 2. The van der Waals surface area contributed by atoms with Crippen LogP contribution in [0.1, 0.15) is 26.4 Å². The van der Waals surface area contributed by atoms with Gasteiger partial charge in [-0.05, 0) is 41.8 Å². The SMILES string of the molecule is COc1ccc(C(=O)N2C(C(=O)NCc3ccco3)CSC2c2cccs2)cc1OC. The van der Waals surface area contributed by atoms with Gasteiger partial charge in [0.15, 0.2) is 11.5 Å². The maximum atomic E-state index is 13.6. The molecule has 0 radical (unpaired) electrons. The van der Waals surface area contributed by atoms with Crippen LogP contribution in [0, 0.1) is 0 Å². The van der Waals surface area contributed by atoms with E-state index < -0.39 is 6.04 Å². The van der Waals surface area contributed by atoms with Gasteiger partial charge in [-0.25, -0.2) is 0 Å². The molecular formula is C22H22N2O5S2. The van der Waals surface area contributed by atoms with Gasteiger partial charge in [0.05, 0.1) is 27.0 Å². The van der Waals surface area contributed by atoms with Gasteiger partial charge < -0.3 is 24.1 Å². The Bertz CT molecular complexity index is 1040. The van der Waals surface area contributed by atoms with Crippen LogP contribution in [0.25, 0.3) is 0 Å². The molecule has 2 aromatic heterocycles. The van der Waals surface area contributed by atoms with Crippen molar-refractivity contribution in [3.8, 4) is 11.5 Å². The van der Waals surface area contributed by atoms with Crippen LogP contribution in [0.15, 0.2) is 58.5 Å². The number of hydrogen-bond acceptors (Lipinski definition) is 7. The van der Waals surface area contributed by atoms with E-state index in [0.717, 1.165) is 4.88 Å². The molecule has 1 N–H and O–H groups in total. The fourth-order valence-corrected chi connectivity index (χ4v) is 5.83. The summed E-state index contributed by atoms with van der Waals surface area (Å²) in [4.78, 5) is 29.3. The molecule has 0 aliphatic carbocycles. The van der Waals surface area contributed by atoms with Gasteiger partial charge >= 0.3 is 0 Å². The summed E-state index contributed by atoms with van der Waals surface area (Å²) >= 11 is 3.15. The van der Waals surface area contributed by atoms with Gasteiger partial charge in [0.2, 0.25) is 5.91 Å². The zero-order valence-corrected chi connectivity index (χ0v) is 18.7. The van der Waals surface area contributed by atoms with Gasteiger partial charge in [0.25, 0.3) is 5.91 Å². The summed E-state index contributed by atoms with van der Waals surface area (Å²) in [5.41, 5.74) is 0.436. The van der Waals surface area contributed by atoms with E-state index in [1.54, 1.807) is 71.7 Å². The molecule has 7 nitrogen and oxygen atoms in total. The highest BCUT2D eigenvalue weighted by Gasteiger charge is 2.43. The average molecular weight is 459 g/mol. The van der Waals surface area contributed by atoms with Gasteiger partial charge in [0, 0.05) is 16.2 Å². The van der Waals surface area contributed by atoms with E-state index >= 15 is 0 Å². The fourth-order valence-electron chi connectivity index (χ4n) is 3.43. The lowest BCUT2D eigenvalue weighted by Crippen LogP contribution is -2.47. The Labute approximate surface area is 188 Å². The molecule has 2 atom stereocenters. The molecule has 9 heteroatoms. The fraction of sp³-hybridized carbons (Fsp3) is 0.273. The van der Waals surface area contributed by atoms with Crippen LogP contribution >= 0.6 is 23.1 Å². The number of thioether (sulfide) groups is 1. The number of benzene rings is 1. The van der Waals surface area contributed by atoms with Gasteiger partial charge in [-0.1, -0.05) is 6.07 Å². The highest BCUT2D eigenvalue weighted by molar-refractivity contribution is 7.99. The van der Waals surface area contributed by atoms with Gasteiger partial charge in [-0.15, -0.1) is 23.1 Å². The second kappa shape index (κ2) is 9.49. The number of hydrogen-bond donors (Lipinski definition) is 1. The van der Waals surface area contributed by atoms with Crippen molar-refractivity contribution >= 4 is 34.9 Å². The molecule has 0 bridgehead atoms. The highest BCUT2D eigenvalue weighted by Crippen LogP contribution is 2.44. The first-order valence-electron chi connectivity index (χ1n) is 9.62. The van der Waals surface area contributed by atoms with Crippen molar-refractivity contribution in [2.45, 2.75) is 18.0 Å². The quantitative estimate of drug-likeness (QED) is 0.578. The second-order valence-electron chi connectivity index (χ2n) is 6.80. The Balaban J connectivity index is 1.61. The number of amides is 2. The second-order valence-corrected chi connectivity index (χ2v) is 8.89. The van der Waals surface area contributed by atoms with E-state index in [4.69, 9.17) is 13.9 Å². The summed E-state index contributed by atoms with van der Waals surface area (Å²) in [6, 6.07) is 11.9. The zero-order valence-electron chi connectivity index (χ0n) is 17.1. The largest absolute Gasteiger partial charge is 0.493 e. The Morgan fingerprint density at radius 3 is 2.68 bits per heavy atom. The lowest BCUT2D eigenvalue weighted by atomic mass is 10.1. The van der Waals surface area contributed by atoms with Crippen molar-refractivity contribution in [2.75, 3.05) is 20.0 Å². The van der Waals surface area contributed by atoms with E-state index in [-0.39, 0.29) is 23.7 Å². The van der Waals surface area contributed by atoms with E-state index in [9.17, 15) is 9.59 Å². The molecule has 1 aliphatic rings.